The maximum atomic E-state index is 10.3. The lowest BCUT2D eigenvalue weighted by molar-refractivity contribution is 0.392. The molecule has 0 fully saturated rings. The quantitative estimate of drug-likeness (QED) is 0.646. The molecule has 0 amide bonds. The summed E-state index contributed by atoms with van der Waals surface area (Å²) in [4.78, 5) is 20.4. The first-order valence-corrected chi connectivity index (χ1v) is 3.87. The Kier molecular flexibility index (Phi) is 3.11. The Morgan fingerprint density at radius 1 is 1.21 bits per heavy atom. The van der Waals surface area contributed by atoms with Crippen molar-refractivity contribution in [2.45, 2.75) is 13.8 Å². The van der Waals surface area contributed by atoms with Crippen molar-refractivity contribution in [1.29, 1.82) is 0 Å². The highest BCUT2D eigenvalue weighted by atomic mass is 16.5. The highest BCUT2D eigenvalue weighted by molar-refractivity contribution is 4.95. The molecule has 6 heteroatoms. The standard InChI is InChI=1S/2C4H5NO2/c1-3-2-7-5-4(3)6;1-3-2-4(6)5-7-3/h2*2H,1H3,(H,5,6). The van der Waals surface area contributed by atoms with Gasteiger partial charge in [-0.25, -0.2) is 0 Å². The van der Waals surface area contributed by atoms with Crippen LogP contribution in [0, 0.1) is 13.8 Å². The van der Waals surface area contributed by atoms with Crippen molar-refractivity contribution in [3.63, 3.8) is 0 Å². The predicted molar refractivity (Wildman–Crippen MR) is 48.1 cm³/mol. The zero-order chi connectivity index (χ0) is 10.6. The summed E-state index contributed by atoms with van der Waals surface area (Å²) in [5, 5.41) is 4.28. The minimum absolute atomic E-state index is 0.153. The van der Waals surface area contributed by atoms with Crippen LogP contribution >= 0.6 is 0 Å². The summed E-state index contributed by atoms with van der Waals surface area (Å²) in [5.74, 6) is 0.616. The molecular formula is C8H10N2O4. The first kappa shape index (κ1) is 10.1. The summed E-state index contributed by atoms with van der Waals surface area (Å²) in [5.41, 5.74) is 0.275. The molecule has 2 heterocycles. The monoisotopic (exact) mass is 198 g/mol. The second-order valence-corrected chi connectivity index (χ2v) is 2.67. The molecule has 2 aromatic heterocycles. The van der Waals surface area contributed by atoms with E-state index in [0.717, 1.165) is 0 Å². The van der Waals surface area contributed by atoms with E-state index in [9.17, 15) is 9.59 Å². The third-order valence-corrected chi connectivity index (χ3v) is 1.39. The van der Waals surface area contributed by atoms with Gasteiger partial charge in [-0.1, -0.05) is 0 Å². The van der Waals surface area contributed by atoms with Gasteiger partial charge in [0, 0.05) is 6.07 Å². The van der Waals surface area contributed by atoms with Gasteiger partial charge in [0.1, 0.15) is 12.0 Å². The van der Waals surface area contributed by atoms with Crippen molar-refractivity contribution >= 4 is 0 Å². The second kappa shape index (κ2) is 4.31. The van der Waals surface area contributed by atoms with Crippen molar-refractivity contribution in [3.8, 4) is 0 Å². The molecule has 0 saturated heterocycles. The van der Waals surface area contributed by atoms with Crippen LogP contribution < -0.4 is 11.1 Å². The lowest BCUT2D eigenvalue weighted by atomic mass is 10.4. The lowest BCUT2D eigenvalue weighted by Crippen LogP contribution is -1.98. The average Bonchev–Trinajstić information content (AvgIpc) is 2.65. The number of aryl methyl sites for hydroxylation is 2. The van der Waals surface area contributed by atoms with Gasteiger partial charge < -0.3 is 9.05 Å². The number of H-pyrrole nitrogens is 2. The van der Waals surface area contributed by atoms with Gasteiger partial charge in [0.15, 0.2) is 0 Å². The Balaban J connectivity index is 0.000000140. The summed E-state index contributed by atoms with van der Waals surface area (Å²) in [7, 11) is 0. The summed E-state index contributed by atoms with van der Waals surface area (Å²) >= 11 is 0. The van der Waals surface area contributed by atoms with Gasteiger partial charge in [-0.15, -0.1) is 0 Å². The molecule has 76 valence electrons. The van der Waals surface area contributed by atoms with Crippen LogP contribution in [0.5, 0.6) is 0 Å². The lowest BCUT2D eigenvalue weighted by Gasteiger charge is -1.66. The van der Waals surface area contributed by atoms with E-state index in [0.29, 0.717) is 11.3 Å². The second-order valence-electron chi connectivity index (χ2n) is 2.67. The van der Waals surface area contributed by atoms with E-state index < -0.39 is 0 Å². The van der Waals surface area contributed by atoms with Crippen LogP contribution in [-0.2, 0) is 0 Å². The van der Waals surface area contributed by atoms with E-state index in [-0.39, 0.29) is 11.1 Å². The van der Waals surface area contributed by atoms with E-state index in [1.807, 2.05) is 0 Å². The fourth-order valence-corrected chi connectivity index (χ4v) is 0.680. The highest BCUT2D eigenvalue weighted by Crippen LogP contribution is 1.83. The SMILES string of the molecule is Cc1cc(=O)[nH]o1.Cc1co[nH]c1=O. The van der Waals surface area contributed by atoms with Crippen LogP contribution in [0.25, 0.3) is 0 Å². The van der Waals surface area contributed by atoms with Gasteiger partial charge in [0.2, 0.25) is 0 Å². The number of rotatable bonds is 0. The molecule has 0 bridgehead atoms. The Hall–Kier alpha value is -1.98. The van der Waals surface area contributed by atoms with Gasteiger partial charge >= 0.3 is 0 Å². The third kappa shape index (κ3) is 2.81. The molecule has 2 N–H and O–H groups in total. The molecule has 0 radical (unpaired) electrons. The van der Waals surface area contributed by atoms with Gasteiger partial charge in [-0.3, -0.25) is 9.59 Å². The minimum atomic E-state index is -0.183. The average molecular weight is 198 g/mol. The topological polar surface area (TPSA) is 92.0 Å². The van der Waals surface area contributed by atoms with Gasteiger partial charge in [0.05, 0.1) is 5.56 Å². The first-order chi connectivity index (χ1) is 6.59. The molecule has 0 unspecified atom stereocenters. The molecule has 0 atom stereocenters. The van der Waals surface area contributed by atoms with Gasteiger partial charge in [0.25, 0.3) is 11.1 Å². The largest absolute Gasteiger partial charge is 0.387 e. The molecule has 0 aliphatic heterocycles. The molecule has 6 nitrogen and oxygen atoms in total. The Morgan fingerprint density at radius 3 is 2.07 bits per heavy atom. The molecule has 0 aliphatic rings. The number of aromatic amines is 2. The number of aromatic nitrogens is 2. The summed E-state index contributed by atoms with van der Waals surface area (Å²) < 4.78 is 8.93. The smallest absolute Gasteiger partial charge is 0.282 e. The van der Waals surface area contributed by atoms with Crippen LogP contribution in [0.1, 0.15) is 11.3 Å². The molecule has 0 aliphatic carbocycles. The highest BCUT2D eigenvalue weighted by Gasteiger charge is 1.88. The van der Waals surface area contributed by atoms with Crippen molar-refractivity contribution in [2.75, 3.05) is 0 Å². The van der Waals surface area contributed by atoms with Crippen LogP contribution in [-0.4, -0.2) is 10.3 Å². The Morgan fingerprint density at radius 2 is 1.93 bits per heavy atom. The fourth-order valence-electron chi connectivity index (χ4n) is 0.680. The van der Waals surface area contributed by atoms with Crippen molar-refractivity contribution < 1.29 is 9.05 Å². The molecule has 14 heavy (non-hydrogen) atoms. The zero-order valence-electron chi connectivity index (χ0n) is 7.79. The van der Waals surface area contributed by atoms with Gasteiger partial charge in [-0.2, -0.15) is 10.3 Å². The number of hydrogen-bond donors (Lipinski definition) is 2. The van der Waals surface area contributed by atoms with Crippen molar-refractivity contribution in [1.82, 2.24) is 10.3 Å². The Bertz CT molecular complexity index is 487. The zero-order valence-corrected chi connectivity index (χ0v) is 7.79. The molecule has 2 aromatic rings. The van der Waals surface area contributed by atoms with E-state index >= 15 is 0 Å². The maximum absolute atomic E-state index is 10.3. The number of hydrogen-bond acceptors (Lipinski definition) is 4. The van der Waals surface area contributed by atoms with Crippen molar-refractivity contribution in [2.24, 2.45) is 0 Å². The first-order valence-electron chi connectivity index (χ1n) is 3.87. The van der Waals surface area contributed by atoms with Crippen LogP contribution in [0.3, 0.4) is 0 Å². The van der Waals surface area contributed by atoms with Gasteiger partial charge in [-0.05, 0) is 13.8 Å². The van der Waals surface area contributed by atoms with E-state index in [1.165, 1.54) is 12.3 Å². The summed E-state index contributed by atoms with van der Waals surface area (Å²) in [6.07, 6.45) is 1.38. The summed E-state index contributed by atoms with van der Waals surface area (Å²) in [6.45, 7) is 3.39. The molecule has 0 aromatic carbocycles. The maximum Gasteiger partial charge on any atom is 0.282 e. The summed E-state index contributed by atoms with van der Waals surface area (Å²) in [6, 6.07) is 1.39. The minimum Gasteiger partial charge on any atom is -0.387 e. The molecule has 0 saturated carbocycles. The molecule has 2 rings (SSSR count). The van der Waals surface area contributed by atoms with Crippen LogP contribution in [0.15, 0.2) is 31.0 Å². The Labute approximate surface area is 78.5 Å². The third-order valence-electron chi connectivity index (χ3n) is 1.39. The van der Waals surface area contributed by atoms with Crippen LogP contribution in [0.2, 0.25) is 0 Å². The predicted octanol–water partition coefficient (Wildman–Crippen LogP) is 0.553. The fraction of sp³-hybridized carbons (Fsp3) is 0.250. The van der Waals surface area contributed by atoms with Crippen molar-refractivity contribution in [3.05, 3.63) is 44.4 Å². The molecular weight excluding hydrogens is 188 g/mol. The van der Waals surface area contributed by atoms with E-state index in [1.54, 1.807) is 13.8 Å². The molecule has 0 spiro atoms. The normalized spacial score (nSPS) is 9.29. The number of nitrogens with one attached hydrogen (secondary N) is 2. The van der Waals surface area contributed by atoms with Crippen LogP contribution in [0.4, 0.5) is 0 Å². The van der Waals surface area contributed by atoms with E-state index in [2.05, 4.69) is 19.4 Å². The van der Waals surface area contributed by atoms with E-state index in [4.69, 9.17) is 0 Å².